The number of pyridine rings is 1. The Morgan fingerprint density at radius 1 is 1.25 bits per heavy atom. The zero-order valence-electron chi connectivity index (χ0n) is 13.6. The highest BCUT2D eigenvalue weighted by atomic mass is 32.1. The van der Waals surface area contributed by atoms with Crippen molar-refractivity contribution in [2.24, 2.45) is 0 Å². The summed E-state index contributed by atoms with van der Waals surface area (Å²) >= 11 is 1.69. The Kier molecular flexibility index (Phi) is 4.49. The number of hydrogen-bond donors (Lipinski definition) is 0. The molecule has 2 saturated heterocycles. The molecule has 1 amide bonds. The first kappa shape index (κ1) is 15.6. The van der Waals surface area contributed by atoms with Crippen LogP contribution in [0.3, 0.4) is 0 Å². The molecular weight excluding hydrogens is 322 g/mol. The summed E-state index contributed by atoms with van der Waals surface area (Å²) in [6.07, 6.45) is 3.83. The average molecular weight is 343 g/mol. The van der Waals surface area contributed by atoms with Gasteiger partial charge in [0.15, 0.2) is 0 Å². The monoisotopic (exact) mass is 343 g/mol. The molecule has 0 bridgehead atoms. The molecule has 4 heterocycles. The Bertz CT molecular complexity index is 698. The summed E-state index contributed by atoms with van der Waals surface area (Å²) in [6, 6.07) is 6.22. The van der Waals surface area contributed by atoms with Crippen LogP contribution in [0.2, 0.25) is 0 Å². The zero-order valence-corrected chi connectivity index (χ0v) is 14.4. The lowest BCUT2D eigenvalue weighted by Gasteiger charge is -2.29. The van der Waals surface area contributed by atoms with Gasteiger partial charge in [0.25, 0.3) is 5.91 Å². The van der Waals surface area contributed by atoms with E-state index in [9.17, 15) is 4.79 Å². The summed E-state index contributed by atoms with van der Waals surface area (Å²) in [5, 5.41) is 4.22. The van der Waals surface area contributed by atoms with E-state index in [1.165, 1.54) is 5.56 Å². The first-order chi connectivity index (χ1) is 11.8. The number of thiophene rings is 1. The minimum Gasteiger partial charge on any atom is -0.378 e. The van der Waals surface area contributed by atoms with E-state index in [4.69, 9.17) is 4.74 Å². The third-order valence-corrected chi connectivity index (χ3v) is 5.48. The molecule has 0 spiro atoms. The first-order valence-corrected chi connectivity index (χ1v) is 9.39. The molecule has 0 N–H and O–H groups in total. The van der Waals surface area contributed by atoms with Gasteiger partial charge >= 0.3 is 0 Å². The molecule has 6 heteroatoms. The van der Waals surface area contributed by atoms with E-state index in [0.717, 1.165) is 51.4 Å². The number of likely N-dealkylation sites (tertiary alicyclic amines) is 1. The third kappa shape index (κ3) is 3.03. The summed E-state index contributed by atoms with van der Waals surface area (Å²) < 4.78 is 5.40. The number of amides is 1. The fraction of sp³-hybridized carbons (Fsp3) is 0.444. The molecule has 4 rings (SSSR count). The minimum atomic E-state index is 0.0406. The highest BCUT2D eigenvalue weighted by Gasteiger charge is 2.31. The van der Waals surface area contributed by atoms with Gasteiger partial charge in [-0.3, -0.25) is 9.78 Å². The van der Waals surface area contributed by atoms with Crippen LogP contribution in [-0.2, 0) is 4.74 Å². The van der Waals surface area contributed by atoms with E-state index < -0.39 is 0 Å². The number of nitrogens with zero attached hydrogens (tertiary/aromatic N) is 3. The Labute approximate surface area is 145 Å². The second-order valence-electron chi connectivity index (χ2n) is 6.21. The van der Waals surface area contributed by atoms with Gasteiger partial charge in [0.1, 0.15) is 5.69 Å². The molecule has 1 atom stereocenters. The number of aromatic nitrogens is 1. The van der Waals surface area contributed by atoms with Gasteiger partial charge in [-0.25, -0.2) is 0 Å². The molecule has 2 aliphatic heterocycles. The van der Waals surface area contributed by atoms with Gasteiger partial charge in [-0.2, -0.15) is 11.3 Å². The van der Waals surface area contributed by atoms with Crippen molar-refractivity contribution in [2.45, 2.75) is 18.9 Å². The number of hydrogen-bond acceptors (Lipinski definition) is 5. The molecule has 2 aromatic rings. The fourth-order valence-electron chi connectivity index (χ4n) is 3.52. The average Bonchev–Trinajstić information content (AvgIpc) is 3.33. The summed E-state index contributed by atoms with van der Waals surface area (Å²) in [5.74, 6) is 0.0406. The Morgan fingerprint density at radius 3 is 2.92 bits per heavy atom. The van der Waals surface area contributed by atoms with Crippen LogP contribution in [0, 0.1) is 0 Å². The van der Waals surface area contributed by atoms with E-state index in [2.05, 4.69) is 26.7 Å². The normalized spacial score (nSPS) is 21.2. The minimum absolute atomic E-state index is 0.0406. The molecule has 0 radical (unpaired) electrons. The van der Waals surface area contributed by atoms with Gasteiger partial charge in [-0.15, -0.1) is 0 Å². The molecule has 2 fully saturated rings. The molecule has 0 saturated carbocycles. The molecule has 5 nitrogen and oxygen atoms in total. The quantitative estimate of drug-likeness (QED) is 0.860. The molecule has 24 heavy (non-hydrogen) atoms. The largest absolute Gasteiger partial charge is 0.378 e. The number of morpholine rings is 1. The zero-order chi connectivity index (χ0) is 16.4. The van der Waals surface area contributed by atoms with E-state index >= 15 is 0 Å². The van der Waals surface area contributed by atoms with E-state index in [0.29, 0.717) is 5.69 Å². The molecule has 0 aliphatic carbocycles. The molecule has 2 aliphatic rings. The van der Waals surface area contributed by atoms with Crippen LogP contribution in [0.15, 0.2) is 35.2 Å². The van der Waals surface area contributed by atoms with Crippen LogP contribution in [0.5, 0.6) is 0 Å². The topological polar surface area (TPSA) is 45.7 Å². The second kappa shape index (κ2) is 6.91. The summed E-state index contributed by atoms with van der Waals surface area (Å²) in [4.78, 5) is 21.6. The maximum atomic E-state index is 13.0. The number of anilines is 1. The van der Waals surface area contributed by atoms with Gasteiger partial charge in [0.2, 0.25) is 0 Å². The van der Waals surface area contributed by atoms with Crippen LogP contribution in [-0.4, -0.2) is 48.6 Å². The van der Waals surface area contributed by atoms with Crippen molar-refractivity contribution in [2.75, 3.05) is 37.7 Å². The number of ether oxygens (including phenoxy) is 1. The Balaban J connectivity index is 1.55. The second-order valence-corrected chi connectivity index (χ2v) is 6.99. The summed E-state index contributed by atoms with van der Waals surface area (Å²) in [5.41, 5.74) is 2.85. The number of carbonyl (C=O) groups excluding carboxylic acids is 1. The maximum Gasteiger partial charge on any atom is 0.273 e. The van der Waals surface area contributed by atoms with Gasteiger partial charge in [0, 0.05) is 31.5 Å². The highest BCUT2D eigenvalue weighted by molar-refractivity contribution is 7.08. The van der Waals surface area contributed by atoms with Gasteiger partial charge in [-0.1, -0.05) is 0 Å². The van der Waals surface area contributed by atoms with Crippen molar-refractivity contribution in [3.05, 3.63) is 46.4 Å². The van der Waals surface area contributed by atoms with Crippen molar-refractivity contribution in [1.29, 1.82) is 0 Å². The van der Waals surface area contributed by atoms with Crippen LogP contribution in [0.25, 0.3) is 0 Å². The Morgan fingerprint density at radius 2 is 2.12 bits per heavy atom. The molecular formula is C18H21N3O2S. The maximum absolute atomic E-state index is 13.0. The van der Waals surface area contributed by atoms with Gasteiger partial charge < -0.3 is 14.5 Å². The van der Waals surface area contributed by atoms with Crippen LogP contribution >= 0.6 is 11.3 Å². The number of carbonyl (C=O) groups is 1. The predicted octanol–water partition coefficient (Wildman–Crippen LogP) is 2.96. The van der Waals surface area contributed by atoms with Crippen LogP contribution < -0.4 is 4.90 Å². The van der Waals surface area contributed by atoms with Crippen molar-refractivity contribution in [1.82, 2.24) is 9.88 Å². The third-order valence-electron chi connectivity index (χ3n) is 4.78. The van der Waals surface area contributed by atoms with E-state index in [1.54, 1.807) is 17.5 Å². The lowest BCUT2D eigenvalue weighted by Crippen LogP contribution is -2.36. The Hall–Kier alpha value is -1.92. The standard InChI is InChI=1S/C18H21N3O2S/c22-18(21-6-1-2-17(21)14-4-11-24-13-14)16-12-15(3-5-19-16)20-7-9-23-10-8-20/h3-5,11-13,17H,1-2,6-10H2. The molecule has 2 aromatic heterocycles. The van der Waals surface area contributed by atoms with Gasteiger partial charge in [-0.05, 0) is 47.4 Å². The summed E-state index contributed by atoms with van der Waals surface area (Å²) in [7, 11) is 0. The molecule has 0 aromatic carbocycles. The fourth-order valence-corrected chi connectivity index (χ4v) is 4.23. The lowest BCUT2D eigenvalue weighted by atomic mass is 10.1. The lowest BCUT2D eigenvalue weighted by molar-refractivity contribution is 0.0730. The van der Waals surface area contributed by atoms with Crippen molar-refractivity contribution >= 4 is 22.9 Å². The van der Waals surface area contributed by atoms with Gasteiger partial charge in [0.05, 0.1) is 19.3 Å². The van der Waals surface area contributed by atoms with Crippen molar-refractivity contribution < 1.29 is 9.53 Å². The first-order valence-electron chi connectivity index (χ1n) is 8.45. The summed E-state index contributed by atoms with van der Waals surface area (Å²) in [6.45, 7) is 4.00. The van der Waals surface area contributed by atoms with E-state index in [1.807, 2.05) is 17.0 Å². The molecule has 126 valence electrons. The van der Waals surface area contributed by atoms with Crippen LogP contribution in [0.4, 0.5) is 5.69 Å². The number of rotatable bonds is 3. The smallest absolute Gasteiger partial charge is 0.273 e. The van der Waals surface area contributed by atoms with Crippen LogP contribution in [0.1, 0.15) is 34.9 Å². The van der Waals surface area contributed by atoms with E-state index in [-0.39, 0.29) is 11.9 Å². The SMILES string of the molecule is O=C(c1cc(N2CCOCC2)ccn1)N1CCCC1c1ccsc1. The molecule has 1 unspecified atom stereocenters. The van der Waals surface area contributed by atoms with Crippen molar-refractivity contribution in [3.63, 3.8) is 0 Å². The highest BCUT2D eigenvalue weighted by Crippen LogP contribution is 2.34. The predicted molar refractivity (Wildman–Crippen MR) is 94.6 cm³/mol. The van der Waals surface area contributed by atoms with Crippen molar-refractivity contribution in [3.8, 4) is 0 Å².